The summed E-state index contributed by atoms with van der Waals surface area (Å²) in [5, 5.41) is 5.07. The largest absolute Gasteiger partial charge is 0.322 e. The molecule has 0 bridgehead atoms. The molecule has 0 aliphatic heterocycles. The van der Waals surface area contributed by atoms with Gasteiger partial charge in [0.1, 0.15) is 0 Å². The summed E-state index contributed by atoms with van der Waals surface area (Å²) in [6, 6.07) is 7.96. The topological polar surface area (TPSA) is 29.1 Å². The van der Waals surface area contributed by atoms with Crippen LogP contribution in [0.1, 0.15) is 53.6 Å². The first-order chi connectivity index (χ1) is 10.8. The summed E-state index contributed by atoms with van der Waals surface area (Å²) in [6.45, 7) is 9.01. The Morgan fingerprint density at radius 2 is 1.91 bits per heavy atom. The average molecular weight is 327 g/mol. The van der Waals surface area contributed by atoms with Crippen LogP contribution < -0.4 is 5.32 Å². The van der Waals surface area contributed by atoms with Gasteiger partial charge in [0.25, 0.3) is 5.91 Å². The van der Waals surface area contributed by atoms with Crippen LogP contribution >= 0.6 is 11.3 Å². The van der Waals surface area contributed by atoms with Gasteiger partial charge in [0.15, 0.2) is 0 Å². The number of carbonyl (C=O) groups excluding carboxylic acids is 1. The van der Waals surface area contributed by atoms with Crippen molar-refractivity contribution < 1.29 is 4.79 Å². The highest BCUT2D eigenvalue weighted by Gasteiger charge is 2.31. The van der Waals surface area contributed by atoms with E-state index in [0.29, 0.717) is 11.3 Å². The molecular weight excluding hydrogens is 302 g/mol. The first-order valence-electron chi connectivity index (χ1n) is 8.32. The number of anilines is 1. The van der Waals surface area contributed by atoms with Gasteiger partial charge in [0, 0.05) is 15.9 Å². The van der Waals surface area contributed by atoms with Crippen LogP contribution in [0.5, 0.6) is 0 Å². The lowest BCUT2D eigenvalue weighted by Gasteiger charge is -2.34. The van der Waals surface area contributed by atoms with E-state index in [0.717, 1.165) is 24.1 Å². The van der Waals surface area contributed by atoms with Gasteiger partial charge in [-0.05, 0) is 55.2 Å². The summed E-state index contributed by atoms with van der Waals surface area (Å²) in [7, 11) is 0. The van der Waals surface area contributed by atoms with Crippen molar-refractivity contribution in [3.05, 3.63) is 51.2 Å². The third-order valence-electron chi connectivity index (χ3n) is 4.93. The molecule has 1 aromatic carbocycles. The molecule has 1 aliphatic carbocycles. The number of thiophene rings is 1. The van der Waals surface area contributed by atoms with Crippen LogP contribution in [0.15, 0.2) is 29.6 Å². The van der Waals surface area contributed by atoms with E-state index in [4.69, 9.17) is 0 Å². The fraction of sp³-hybridized carbons (Fsp3) is 0.450. The van der Waals surface area contributed by atoms with Crippen molar-refractivity contribution in [1.82, 2.24) is 0 Å². The molecule has 0 spiro atoms. The van der Waals surface area contributed by atoms with Gasteiger partial charge in [-0.15, -0.1) is 11.3 Å². The lowest BCUT2D eigenvalue weighted by molar-refractivity contribution is 0.102. The van der Waals surface area contributed by atoms with Gasteiger partial charge in [-0.3, -0.25) is 4.79 Å². The summed E-state index contributed by atoms with van der Waals surface area (Å²) in [6.07, 6.45) is 3.32. The lowest BCUT2D eigenvalue weighted by atomic mass is 9.72. The smallest absolute Gasteiger partial charge is 0.256 e. The molecule has 0 fully saturated rings. The molecule has 0 saturated heterocycles. The number of aryl methyl sites for hydroxylation is 1. The molecule has 1 heterocycles. The van der Waals surface area contributed by atoms with Crippen LogP contribution in [0.2, 0.25) is 0 Å². The van der Waals surface area contributed by atoms with Gasteiger partial charge in [0.05, 0.1) is 5.56 Å². The second-order valence-electron chi connectivity index (χ2n) is 7.68. The summed E-state index contributed by atoms with van der Waals surface area (Å²) in [5.74, 6) is 0.738. The zero-order valence-electron chi connectivity index (χ0n) is 14.4. The highest BCUT2D eigenvalue weighted by atomic mass is 32.1. The van der Waals surface area contributed by atoms with Crippen LogP contribution in [0, 0.1) is 18.3 Å². The molecule has 3 heteroatoms. The second kappa shape index (κ2) is 6.12. The SMILES string of the molecule is Cc1ccc(NC(=O)c2csc3c2CCC(C(C)(C)C)C3)cc1. The maximum Gasteiger partial charge on any atom is 0.256 e. The number of rotatable bonds is 2. The Kier molecular flexibility index (Phi) is 4.33. The van der Waals surface area contributed by atoms with Crippen molar-refractivity contribution in [2.45, 2.75) is 47.0 Å². The van der Waals surface area contributed by atoms with E-state index in [1.54, 1.807) is 11.3 Å². The molecule has 2 nitrogen and oxygen atoms in total. The molecule has 122 valence electrons. The minimum atomic E-state index is 0.0283. The molecule has 1 atom stereocenters. The van der Waals surface area contributed by atoms with E-state index in [1.807, 2.05) is 36.6 Å². The van der Waals surface area contributed by atoms with Crippen LogP contribution in [0.3, 0.4) is 0 Å². The fourth-order valence-electron chi connectivity index (χ4n) is 3.28. The van der Waals surface area contributed by atoms with Crippen molar-refractivity contribution >= 4 is 22.9 Å². The van der Waals surface area contributed by atoms with Crippen molar-refractivity contribution in [3.63, 3.8) is 0 Å². The number of carbonyl (C=O) groups is 1. The first-order valence-corrected chi connectivity index (χ1v) is 9.20. The number of hydrogen-bond acceptors (Lipinski definition) is 2. The van der Waals surface area contributed by atoms with Gasteiger partial charge >= 0.3 is 0 Å². The molecule has 1 amide bonds. The predicted octanol–water partition coefficient (Wildman–Crippen LogP) is 5.46. The number of benzene rings is 1. The molecule has 0 saturated carbocycles. The molecule has 0 radical (unpaired) electrons. The Bertz CT molecular complexity index is 706. The van der Waals surface area contributed by atoms with Crippen LogP contribution in [-0.2, 0) is 12.8 Å². The van der Waals surface area contributed by atoms with E-state index in [-0.39, 0.29) is 5.91 Å². The average Bonchev–Trinajstić information content (AvgIpc) is 2.92. The van der Waals surface area contributed by atoms with Gasteiger partial charge in [-0.1, -0.05) is 38.5 Å². The van der Waals surface area contributed by atoms with E-state index in [1.165, 1.54) is 22.4 Å². The van der Waals surface area contributed by atoms with E-state index >= 15 is 0 Å². The van der Waals surface area contributed by atoms with Crippen molar-refractivity contribution in [1.29, 1.82) is 0 Å². The van der Waals surface area contributed by atoms with Gasteiger partial charge in [0.2, 0.25) is 0 Å². The molecule has 2 aromatic rings. The predicted molar refractivity (Wildman–Crippen MR) is 98.4 cm³/mol. The zero-order valence-corrected chi connectivity index (χ0v) is 15.2. The summed E-state index contributed by atoms with van der Waals surface area (Å²) >= 11 is 1.75. The van der Waals surface area contributed by atoms with Gasteiger partial charge in [-0.2, -0.15) is 0 Å². The van der Waals surface area contributed by atoms with Crippen molar-refractivity contribution in [3.8, 4) is 0 Å². The summed E-state index contributed by atoms with van der Waals surface area (Å²) in [4.78, 5) is 14.0. The number of fused-ring (bicyclic) bond motifs is 1. The Morgan fingerprint density at radius 1 is 1.22 bits per heavy atom. The molecule has 3 rings (SSSR count). The Morgan fingerprint density at radius 3 is 2.57 bits per heavy atom. The van der Waals surface area contributed by atoms with Gasteiger partial charge < -0.3 is 5.32 Å². The van der Waals surface area contributed by atoms with E-state index < -0.39 is 0 Å². The van der Waals surface area contributed by atoms with Gasteiger partial charge in [-0.25, -0.2) is 0 Å². The maximum absolute atomic E-state index is 12.6. The highest BCUT2D eigenvalue weighted by Crippen LogP contribution is 2.40. The third-order valence-corrected chi connectivity index (χ3v) is 5.99. The maximum atomic E-state index is 12.6. The van der Waals surface area contributed by atoms with E-state index in [2.05, 4.69) is 26.1 Å². The monoisotopic (exact) mass is 327 g/mol. The van der Waals surface area contributed by atoms with Crippen LogP contribution in [-0.4, -0.2) is 5.91 Å². The first kappa shape index (κ1) is 16.3. The molecule has 1 aromatic heterocycles. The van der Waals surface area contributed by atoms with Crippen molar-refractivity contribution in [2.24, 2.45) is 11.3 Å². The minimum Gasteiger partial charge on any atom is -0.322 e. The summed E-state index contributed by atoms with van der Waals surface area (Å²) < 4.78 is 0. The standard InChI is InChI=1S/C20H25NOS/c1-13-5-8-15(9-6-13)21-19(22)17-12-23-18-11-14(20(2,3)4)7-10-16(17)18/h5-6,8-9,12,14H,7,10-11H2,1-4H3,(H,21,22). The number of amides is 1. The highest BCUT2D eigenvalue weighted by molar-refractivity contribution is 7.10. The quantitative estimate of drug-likeness (QED) is 0.779. The van der Waals surface area contributed by atoms with Crippen LogP contribution in [0.25, 0.3) is 0 Å². The Balaban J connectivity index is 1.76. The normalized spacial score (nSPS) is 17.7. The van der Waals surface area contributed by atoms with Crippen molar-refractivity contribution in [2.75, 3.05) is 5.32 Å². The fourth-order valence-corrected chi connectivity index (χ4v) is 4.44. The van der Waals surface area contributed by atoms with Crippen LogP contribution in [0.4, 0.5) is 5.69 Å². The Labute approximate surface area is 142 Å². The minimum absolute atomic E-state index is 0.0283. The number of nitrogens with one attached hydrogen (secondary N) is 1. The molecule has 23 heavy (non-hydrogen) atoms. The number of hydrogen-bond donors (Lipinski definition) is 1. The molecule has 1 unspecified atom stereocenters. The molecule has 1 N–H and O–H groups in total. The molecule has 1 aliphatic rings. The lowest BCUT2D eigenvalue weighted by Crippen LogP contribution is -2.27. The second-order valence-corrected chi connectivity index (χ2v) is 8.64. The summed E-state index contributed by atoms with van der Waals surface area (Å²) in [5.41, 5.74) is 4.55. The zero-order chi connectivity index (χ0) is 16.6. The third kappa shape index (κ3) is 3.50. The molecular formula is C20H25NOS. The van der Waals surface area contributed by atoms with E-state index in [9.17, 15) is 4.79 Å². The Hall–Kier alpha value is -1.61.